The summed E-state index contributed by atoms with van der Waals surface area (Å²) in [6.07, 6.45) is 7.18. The zero-order valence-electron chi connectivity index (χ0n) is 61.2. The van der Waals surface area contributed by atoms with Crippen molar-refractivity contribution in [3.8, 4) is 0 Å². The molecule has 18 aromatic carbocycles. The molecule has 0 spiro atoms. The Balaban J connectivity index is 0.000000149. The molecule has 0 unspecified atom stereocenters. The number of carbonyl (C=O) groups excluding carboxylic acids is 2. The number of fused-ring (bicyclic) bond motifs is 16. The fourth-order valence-electron chi connectivity index (χ4n) is 15.7. The van der Waals surface area contributed by atoms with E-state index in [4.69, 9.17) is 19.9 Å². The van der Waals surface area contributed by atoms with Crippen LogP contribution in [0.25, 0.3) is 108 Å². The summed E-state index contributed by atoms with van der Waals surface area (Å²) in [5.74, 6) is -0.125. The zero-order chi connectivity index (χ0) is 74.7. The fourth-order valence-corrected chi connectivity index (χ4v) is 15.7. The molecule has 0 atom stereocenters. The topological polar surface area (TPSA) is 98.7 Å². The Morgan fingerprint density at radius 2 is 0.509 bits per heavy atom. The molecule has 0 aliphatic carbocycles. The van der Waals surface area contributed by atoms with Crippen LogP contribution < -0.4 is 19.6 Å². The summed E-state index contributed by atoms with van der Waals surface area (Å²) in [6, 6.07) is 132. The molecule has 0 saturated heterocycles. The number of anilines is 12. The minimum absolute atomic E-state index is 0. The van der Waals surface area contributed by atoms with E-state index < -0.39 is 0 Å². The number of hydrogen-bond acceptors (Lipinski definition) is 10. The standard InChI is InChI=1S/2C48H31N4.C5H8O2.Ir/c2*1-3-17-35(18-4-1)51(45-23-11-15-33-13-7-9-21-39(33)45)37-25-27-41-43(31-37)44-32-38(26-28-42(44)48-47(41)49-29-30-50-48)52(36-19-5-2-6-20-36)46-24-12-16-34-14-8-10-22-40(34)46;1-4(6)3-5(2)7;/h2*1-27,29-32H;3H2,1-2H3;/q2*-1;;+3. The third-order valence-electron chi connectivity index (χ3n) is 20.4. The van der Waals surface area contributed by atoms with Crippen LogP contribution in [0, 0.1) is 12.1 Å². The molecule has 0 saturated carbocycles. The van der Waals surface area contributed by atoms with Crippen LogP contribution in [0.15, 0.2) is 377 Å². The molecule has 0 aliphatic heterocycles. The summed E-state index contributed by atoms with van der Waals surface area (Å²) in [5, 5.41) is 17.8. The van der Waals surface area contributed by atoms with Crippen molar-refractivity contribution in [2.75, 3.05) is 19.6 Å². The van der Waals surface area contributed by atoms with Gasteiger partial charge in [0.1, 0.15) is 11.6 Å². The first-order chi connectivity index (χ1) is 54.8. The van der Waals surface area contributed by atoms with Crippen LogP contribution in [0.5, 0.6) is 0 Å². The Morgan fingerprint density at radius 1 is 0.250 bits per heavy atom. The molecule has 11 heteroatoms. The van der Waals surface area contributed by atoms with Gasteiger partial charge in [0.15, 0.2) is 0 Å². The number of rotatable bonds is 14. The number of carbonyl (C=O) groups is 2. The van der Waals surface area contributed by atoms with Crippen molar-refractivity contribution < 1.29 is 29.7 Å². The molecule has 534 valence electrons. The largest absolute Gasteiger partial charge is 3.00 e. The number of para-hydroxylation sites is 4. The molecule has 0 radical (unpaired) electrons. The third kappa shape index (κ3) is 13.6. The predicted molar refractivity (Wildman–Crippen MR) is 462 cm³/mol. The van der Waals surface area contributed by atoms with E-state index in [0.29, 0.717) is 0 Å². The number of aromatic nitrogens is 4. The van der Waals surface area contributed by atoms with Gasteiger partial charge in [-0.1, -0.05) is 241 Å². The van der Waals surface area contributed by atoms with Crippen LogP contribution in [0.4, 0.5) is 68.2 Å². The van der Waals surface area contributed by atoms with Crippen LogP contribution in [-0.2, 0) is 29.7 Å². The van der Waals surface area contributed by atoms with Gasteiger partial charge in [0.25, 0.3) is 0 Å². The summed E-state index contributed by atoms with van der Waals surface area (Å²) in [6.45, 7) is 2.81. The van der Waals surface area contributed by atoms with E-state index in [1.165, 1.54) is 56.9 Å². The van der Waals surface area contributed by atoms with Crippen molar-refractivity contribution in [1.82, 2.24) is 19.9 Å². The minimum atomic E-state index is -0.0625. The maximum absolute atomic E-state index is 10.0. The van der Waals surface area contributed by atoms with Crippen LogP contribution in [0.2, 0.25) is 0 Å². The van der Waals surface area contributed by atoms with Crippen molar-refractivity contribution in [3.63, 3.8) is 0 Å². The average molecular weight is 1620 g/mol. The first-order valence-corrected chi connectivity index (χ1v) is 37.1. The van der Waals surface area contributed by atoms with Crippen LogP contribution in [0.3, 0.4) is 0 Å². The van der Waals surface area contributed by atoms with Gasteiger partial charge in [0.2, 0.25) is 0 Å². The molecular formula is C101H70IrN8O2+. The van der Waals surface area contributed by atoms with Crippen molar-refractivity contribution >= 4 is 188 Å². The Morgan fingerprint density at radius 3 is 0.804 bits per heavy atom. The molecule has 20 aromatic rings. The van der Waals surface area contributed by atoms with Crippen molar-refractivity contribution in [2.24, 2.45) is 0 Å². The number of Topliss-reactive ketones (excluding diaryl/α,β-unsaturated/α-hetero) is 2. The first kappa shape index (κ1) is 70.9. The maximum Gasteiger partial charge on any atom is 3.00 e. The zero-order valence-corrected chi connectivity index (χ0v) is 63.6. The summed E-state index contributed by atoms with van der Waals surface area (Å²) in [5.41, 5.74) is 16.3. The SMILES string of the molecule is CC(=O)CC(C)=O.[Ir+3].[c-]1cc(N(c2ccccc2)c2cccc3ccccc23)cc2c1c1nccnc1c1ccc(N(c3ccccc3)c3cccc4ccccc34)cc21.[c-]1cc(N(c2ccccc2)c2cccc3ccccc23)cc2c1c1nccnc1c1ccc(N(c3ccccc3)c3cccc4ccccc34)cc21. The average Bonchev–Trinajstić information content (AvgIpc) is 0.729. The van der Waals surface area contributed by atoms with Gasteiger partial charge in [-0.3, -0.25) is 19.6 Å². The van der Waals surface area contributed by atoms with Gasteiger partial charge in [-0.05, 0) is 165 Å². The van der Waals surface area contributed by atoms with E-state index in [9.17, 15) is 9.59 Å². The summed E-state index contributed by atoms with van der Waals surface area (Å²) < 4.78 is 0. The normalized spacial score (nSPS) is 11.2. The van der Waals surface area contributed by atoms with Crippen molar-refractivity contribution in [3.05, 3.63) is 389 Å². The number of hydrogen-bond donors (Lipinski definition) is 0. The molecular weight excluding hydrogens is 1550 g/mol. The van der Waals surface area contributed by atoms with Gasteiger partial charge in [-0.25, -0.2) is 0 Å². The maximum atomic E-state index is 10.0. The minimum Gasteiger partial charge on any atom is -0.351 e. The first-order valence-electron chi connectivity index (χ1n) is 37.1. The van der Waals surface area contributed by atoms with Crippen LogP contribution in [-0.4, -0.2) is 31.5 Å². The molecule has 0 bridgehead atoms. The van der Waals surface area contributed by atoms with E-state index in [1.807, 2.05) is 0 Å². The van der Waals surface area contributed by atoms with E-state index in [-0.39, 0.29) is 38.1 Å². The molecule has 0 amide bonds. The molecule has 2 heterocycles. The summed E-state index contributed by atoms with van der Waals surface area (Å²) in [4.78, 5) is 48.9. The Bertz CT molecular complexity index is 6090. The summed E-state index contributed by atoms with van der Waals surface area (Å²) >= 11 is 0. The Kier molecular flexibility index (Phi) is 19.8. The van der Waals surface area contributed by atoms with E-state index in [2.05, 4.69) is 384 Å². The second-order valence-electron chi connectivity index (χ2n) is 27.5. The van der Waals surface area contributed by atoms with Crippen molar-refractivity contribution in [1.29, 1.82) is 0 Å². The number of nitrogens with zero attached hydrogens (tertiary/aromatic N) is 8. The second-order valence-corrected chi connectivity index (χ2v) is 27.5. The van der Waals surface area contributed by atoms with E-state index in [1.54, 1.807) is 24.8 Å². The van der Waals surface area contributed by atoms with E-state index in [0.717, 1.165) is 133 Å². The van der Waals surface area contributed by atoms with Gasteiger partial charge in [-0.15, -0.1) is 47.2 Å². The van der Waals surface area contributed by atoms with Gasteiger partial charge in [0.05, 0.1) is 28.8 Å². The molecule has 20 rings (SSSR count). The molecule has 0 N–H and O–H groups in total. The van der Waals surface area contributed by atoms with Gasteiger partial charge >= 0.3 is 20.1 Å². The van der Waals surface area contributed by atoms with Crippen LogP contribution >= 0.6 is 0 Å². The second kappa shape index (κ2) is 31.2. The third-order valence-corrected chi connectivity index (χ3v) is 20.4. The van der Waals surface area contributed by atoms with Crippen molar-refractivity contribution in [2.45, 2.75) is 20.3 Å². The fraction of sp³-hybridized carbons (Fsp3) is 0.0297. The van der Waals surface area contributed by atoms with Gasteiger partial charge in [0, 0.05) is 103 Å². The van der Waals surface area contributed by atoms with Gasteiger partial charge in [-0.2, -0.15) is 0 Å². The molecule has 0 fully saturated rings. The van der Waals surface area contributed by atoms with Crippen LogP contribution in [0.1, 0.15) is 20.3 Å². The quantitative estimate of drug-likeness (QED) is 0.0595. The Hall–Kier alpha value is -14.1. The Labute approximate surface area is 661 Å². The predicted octanol–water partition coefficient (Wildman–Crippen LogP) is 26.5. The smallest absolute Gasteiger partial charge is 0.351 e. The van der Waals surface area contributed by atoms with Gasteiger partial charge < -0.3 is 29.6 Å². The summed E-state index contributed by atoms with van der Waals surface area (Å²) in [7, 11) is 0. The number of ketones is 2. The molecule has 2 aromatic heterocycles. The molecule has 10 nitrogen and oxygen atoms in total. The number of benzene rings is 18. The van der Waals surface area contributed by atoms with E-state index >= 15 is 0 Å². The molecule has 112 heavy (non-hydrogen) atoms. The molecule has 0 aliphatic rings. The monoisotopic (exact) mass is 1620 g/mol.